The summed E-state index contributed by atoms with van der Waals surface area (Å²) in [4.78, 5) is 2.37. The van der Waals surface area contributed by atoms with Gasteiger partial charge in [-0.25, -0.2) is 0 Å². The van der Waals surface area contributed by atoms with E-state index in [9.17, 15) is 0 Å². The van der Waals surface area contributed by atoms with Gasteiger partial charge in [0.2, 0.25) is 0 Å². The first-order valence-electron chi connectivity index (χ1n) is 6.58. The molecule has 0 bridgehead atoms. The molecule has 0 aliphatic carbocycles. The molecule has 2 aliphatic heterocycles. The number of ether oxygens (including phenoxy) is 2. The average Bonchev–Trinajstić information content (AvgIpc) is 2.38. The zero-order valence-corrected chi connectivity index (χ0v) is 10.8. The van der Waals surface area contributed by atoms with Crippen molar-refractivity contribution < 1.29 is 9.47 Å². The molecule has 4 heteroatoms. The van der Waals surface area contributed by atoms with Gasteiger partial charge in [0.15, 0.2) is 11.5 Å². The lowest BCUT2D eigenvalue weighted by Crippen LogP contribution is -2.48. The number of rotatable bonds is 1. The van der Waals surface area contributed by atoms with Gasteiger partial charge < -0.3 is 20.1 Å². The van der Waals surface area contributed by atoms with Gasteiger partial charge in [0.1, 0.15) is 13.2 Å². The minimum Gasteiger partial charge on any atom is -0.486 e. The van der Waals surface area contributed by atoms with E-state index in [0.717, 1.165) is 37.4 Å². The molecule has 0 spiro atoms. The molecule has 4 nitrogen and oxygen atoms in total. The van der Waals surface area contributed by atoms with Crippen LogP contribution in [0, 0.1) is 0 Å². The van der Waals surface area contributed by atoms with E-state index in [1.807, 2.05) is 6.07 Å². The van der Waals surface area contributed by atoms with E-state index >= 15 is 0 Å². The van der Waals surface area contributed by atoms with Gasteiger partial charge in [-0.2, -0.15) is 0 Å². The molecule has 2 aliphatic rings. The van der Waals surface area contributed by atoms with E-state index in [1.54, 1.807) is 0 Å². The van der Waals surface area contributed by atoms with Crippen molar-refractivity contribution >= 4 is 5.69 Å². The molecule has 1 fully saturated rings. The monoisotopic (exact) mass is 248 g/mol. The molecule has 1 saturated heterocycles. The lowest BCUT2D eigenvalue weighted by molar-refractivity contribution is 0.171. The van der Waals surface area contributed by atoms with Crippen LogP contribution in [0.4, 0.5) is 5.69 Å². The molecule has 18 heavy (non-hydrogen) atoms. The first-order valence-corrected chi connectivity index (χ1v) is 6.58. The Hall–Kier alpha value is -1.42. The van der Waals surface area contributed by atoms with Crippen LogP contribution in [0.1, 0.15) is 19.8 Å². The fourth-order valence-corrected chi connectivity index (χ4v) is 2.50. The van der Waals surface area contributed by atoms with Crippen LogP contribution in [0.2, 0.25) is 0 Å². The van der Waals surface area contributed by atoms with Crippen LogP contribution >= 0.6 is 0 Å². The zero-order valence-electron chi connectivity index (χ0n) is 10.8. The van der Waals surface area contributed by atoms with Crippen molar-refractivity contribution in [2.45, 2.75) is 25.3 Å². The molecule has 98 valence electrons. The molecule has 2 heterocycles. The van der Waals surface area contributed by atoms with E-state index < -0.39 is 0 Å². The zero-order chi connectivity index (χ0) is 12.6. The van der Waals surface area contributed by atoms with Crippen LogP contribution in [0.25, 0.3) is 0 Å². The first-order chi connectivity index (χ1) is 8.64. The molecule has 1 aromatic rings. The lowest BCUT2D eigenvalue weighted by atomic mass is 9.91. The normalized spacial score (nSPS) is 21.8. The van der Waals surface area contributed by atoms with Crippen LogP contribution in [0.3, 0.4) is 0 Å². The van der Waals surface area contributed by atoms with Crippen LogP contribution in [-0.2, 0) is 0 Å². The number of hydrogen-bond acceptors (Lipinski definition) is 4. The predicted octanol–water partition coefficient (Wildman–Crippen LogP) is 1.78. The predicted molar refractivity (Wildman–Crippen MR) is 71.5 cm³/mol. The highest BCUT2D eigenvalue weighted by Gasteiger charge is 2.26. The molecule has 3 rings (SSSR count). The van der Waals surface area contributed by atoms with Crippen molar-refractivity contribution in [1.82, 2.24) is 0 Å². The summed E-state index contributed by atoms with van der Waals surface area (Å²) in [5.41, 5.74) is 7.35. The topological polar surface area (TPSA) is 47.7 Å². The maximum atomic E-state index is 6.16. The van der Waals surface area contributed by atoms with Gasteiger partial charge in [-0.1, -0.05) is 0 Å². The highest BCUT2D eigenvalue weighted by molar-refractivity contribution is 5.57. The highest BCUT2D eigenvalue weighted by atomic mass is 16.6. The third kappa shape index (κ3) is 2.25. The van der Waals surface area contributed by atoms with Crippen molar-refractivity contribution in [1.29, 1.82) is 0 Å². The third-order valence-corrected chi connectivity index (χ3v) is 3.80. The second-order valence-electron chi connectivity index (χ2n) is 5.47. The van der Waals surface area contributed by atoms with Crippen molar-refractivity contribution in [3.63, 3.8) is 0 Å². The molecular weight excluding hydrogens is 228 g/mol. The molecule has 0 aromatic heterocycles. The Balaban J connectivity index is 1.77. The van der Waals surface area contributed by atoms with Gasteiger partial charge in [-0.3, -0.25) is 0 Å². The maximum absolute atomic E-state index is 6.16. The van der Waals surface area contributed by atoms with Gasteiger partial charge in [0.05, 0.1) is 0 Å². The fourth-order valence-electron chi connectivity index (χ4n) is 2.50. The van der Waals surface area contributed by atoms with Crippen LogP contribution < -0.4 is 20.1 Å². The number of fused-ring (bicyclic) bond motifs is 1. The minimum absolute atomic E-state index is 0.00960. The van der Waals surface area contributed by atoms with E-state index in [2.05, 4.69) is 24.0 Å². The van der Waals surface area contributed by atoms with Crippen molar-refractivity contribution in [2.24, 2.45) is 5.73 Å². The van der Waals surface area contributed by atoms with Crippen LogP contribution in [0.5, 0.6) is 11.5 Å². The average molecular weight is 248 g/mol. The second-order valence-corrected chi connectivity index (χ2v) is 5.47. The van der Waals surface area contributed by atoms with E-state index in [4.69, 9.17) is 15.2 Å². The fraction of sp³-hybridized carbons (Fsp3) is 0.571. The molecule has 2 N–H and O–H groups in total. The molecule has 0 atom stereocenters. The highest BCUT2D eigenvalue weighted by Crippen LogP contribution is 2.35. The Morgan fingerprint density at radius 3 is 2.50 bits per heavy atom. The standard InChI is InChI=1S/C14H20N2O2/c1-14(15)4-6-16(7-5-14)11-2-3-12-13(10-11)18-9-8-17-12/h2-3,10H,4-9,15H2,1H3. The summed E-state index contributed by atoms with van der Waals surface area (Å²) in [7, 11) is 0. The Kier molecular flexibility index (Phi) is 2.82. The molecular formula is C14H20N2O2. The van der Waals surface area contributed by atoms with Crippen molar-refractivity contribution in [3.8, 4) is 11.5 Å². The third-order valence-electron chi connectivity index (χ3n) is 3.80. The molecule has 1 aromatic carbocycles. The quantitative estimate of drug-likeness (QED) is 0.823. The summed E-state index contributed by atoms with van der Waals surface area (Å²) in [5, 5.41) is 0. The van der Waals surface area contributed by atoms with E-state index in [0.29, 0.717) is 13.2 Å². The van der Waals surface area contributed by atoms with Gasteiger partial charge in [-0.05, 0) is 31.9 Å². The first kappa shape index (κ1) is 11.7. The molecule has 0 unspecified atom stereocenters. The summed E-state index contributed by atoms with van der Waals surface area (Å²) in [6, 6.07) is 6.18. The number of piperidine rings is 1. The molecule has 0 radical (unpaired) electrons. The van der Waals surface area contributed by atoms with E-state index in [-0.39, 0.29) is 5.54 Å². The lowest BCUT2D eigenvalue weighted by Gasteiger charge is -2.38. The van der Waals surface area contributed by atoms with Crippen LogP contribution in [-0.4, -0.2) is 31.8 Å². The Bertz CT molecular complexity index is 435. The van der Waals surface area contributed by atoms with Crippen LogP contribution in [0.15, 0.2) is 18.2 Å². The minimum atomic E-state index is -0.00960. The summed E-state index contributed by atoms with van der Waals surface area (Å²) >= 11 is 0. The maximum Gasteiger partial charge on any atom is 0.163 e. The summed E-state index contributed by atoms with van der Waals surface area (Å²) in [6.45, 7) is 5.42. The summed E-state index contributed by atoms with van der Waals surface area (Å²) < 4.78 is 11.2. The smallest absolute Gasteiger partial charge is 0.163 e. The second kappa shape index (κ2) is 4.35. The summed E-state index contributed by atoms with van der Waals surface area (Å²) in [5.74, 6) is 1.71. The Morgan fingerprint density at radius 2 is 1.78 bits per heavy atom. The summed E-state index contributed by atoms with van der Waals surface area (Å²) in [6.07, 6.45) is 2.06. The van der Waals surface area contributed by atoms with E-state index in [1.165, 1.54) is 5.69 Å². The largest absolute Gasteiger partial charge is 0.486 e. The number of nitrogens with two attached hydrogens (primary N) is 1. The number of benzene rings is 1. The Morgan fingerprint density at radius 1 is 1.11 bits per heavy atom. The Labute approximate surface area is 108 Å². The molecule has 0 saturated carbocycles. The SMILES string of the molecule is CC1(N)CCN(c2ccc3c(c2)OCCO3)CC1. The van der Waals surface area contributed by atoms with Gasteiger partial charge >= 0.3 is 0 Å². The number of nitrogens with zero attached hydrogens (tertiary/aromatic N) is 1. The number of anilines is 1. The van der Waals surface area contributed by atoms with Gasteiger partial charge in [0.25, 0.3) is 0 Å². The number of hydrogen-bond donors (Lipinski definition) is 1. The van der Waals surface area contributed by atoms with Gasteiger partial charge in [0, 0.05) is 30.4 Å². The molecule has 0 amide bonds. The van der Waals surface area contributed by atoms with Crippen molar-refractivity contribution in [3.05, 3.63) is 18.2 Å². The van der Waals surface area contributed by atoms with Crippen molar-refractivity contribution in [2.75, 3.05) is 31.2 Å². The van der Waals surface area contributed by atoms with Gasteiger partial charge in [-0.15, -0.1) is 0 Å².